The van der Waals surface area contributed by atoms with Gasteiger partial charge in [-0.05, 0) is 17.7 Å². The molecule has 1 aliphatic heterocycles. The average molecular weight is 365 g/mol. The predicted molar refractivity (Wildman–Crippen MR) is 94.2 cm³/mol. The van der Waals surface area contributed by atoms with Crippen LogP contribution in [0.15, 0.2) is 85.2 Å². The Morgan fingerprint density at radius 1 is 0.808 bits per heavy atom. The lowest BCUT2D eigenvalue weighted by Crippen LogP contribution is -3.00. The maximum atomic E-state index is 13.5. The van der Waals surface area contributed by atoms with Crippen LogP contribution in [0.25, 0.3) is 0 Å². The summed E-state index contributed by atoms with van der Waals surface area (Å²) >= 11 is 0. The molecular formula is C21H17ClN2O2. The molecule has 2 heterocycles. The summed E-state index contributed by atoms with van der Waals surface area (Å²) in [7, 11) is 0. The number of nitrogens with one attached hydrogen (secondary N) is 1. The molecule has 26 heavy (non-hydrogen) atoms. The van der Waals surface area contributed by atoms with Gasteiger partial charge >= 0.3 is 11.4 Å². The molecule has 1 N–H and O–H groups in total. The minimum atomic E-state index is -1.34. The molecule has 1 aliphatic rings. The Morgan fingerprint density at radius 3 is 2.15 bits per heavy atom. The summed E-state index contributed by atoms with van der Waals surface area (Å²) in [5.41, 5.74) is 0.700. The van der Waals surface area contributed by atoms with Crippen LogP contribution < -0.4 is 22.3 Å². The Morgan fingerprint density at radius 2 is 1.42 bits per heavy atom. The van der Waals surface area contributed by atoms with E-state index in [4.69, 9.17) is 0 Å². The fraction of sp³-hybridized carbons (Fsp3) is 0.0952. The number of ketones is 1. The summed E-state index contributed by atoms with van der Waals surface area (Å²) < 4.78 is 1.72. The van der Waals surface area contributed by atoms with E-state index in [0.29, 0.717) is 17.7 Å². The first-order valence-electron chi connectivity index (χ1n) is 8.18. The fourth-order valence-corrected chi connectivity index (χ4v) is 3.37. The maximum Gasteiger partial charge on any atom is 0.312 e. The Balaban J connectivity index is 0.00000196. The van der Waals surface area contributed by atoms with Crippen LogP contribution in [0.1, 0.15) is 15.9 Å². The molecule has 0 spiro atoms. The highest BCUT2D eigenvalue weighted by atomic mass is 35.5. The third-order valence-corrected chi connectivity index (χ3v) is 4.63. The van der Waals surface area contributed by atoms with Crippen molar-refractivity contribution >= 4 is 17.4 Å². The van der Waals surface area contributed by atoms with Crippen LogP contribution in [0.2, 0.25) is 0 Å². The van der Waals surface area contributed by atoms with Crippen molar-refractivity contribution in [2.75, 3.05) is 5.32 Å². The van der Waals surface area contributed by atoms with Gasteiger partial charge in [0, 0.05) is 17.7 Å². The summed E-state index contributed by atoms with van der Waals surface area (Å²) in [6.07, 6.45) is 3.84. The molecule has 1 unspecified atom stereocenters. The first-order chi connectivity index (χ1) is 12.2. The highest BCUT2D eigenvalue weighted by molar-refractivity contribution is 6.24. The normalized spacial score (nSPS) is 18.5. The van der Waals surface area contributed by atoms with Crippen molar-refractivity contribution in [3.8, 4) is 0 Å². The lowest BCUT2D eigenvalue weighted by atomic mass is 9.79. The van der Waals surface area contributed by atoms with Crippen LogP contribution in [0.5, 0.6) is 0 Å². The fourth-order valence-electron chi connectivity index (χ4n) is 3.37. The van der Waals surface area contributed by atoms with E-state index in [1.54, 1.807) is 29.1 Å². The molecule has 2 aromatic carbocycles. The number of Topliss-reactive ketones (excluding diaryl/α,β-unsaturated/α-hetero) is 1. The second-order valence-corrected chi connectivity index (χ2v) is 6.13. The molecule has 0 bridgehead atoms. The van der Waals surface area contributed by atoms with E-state index < -0.39 is 5.54 Å². The number of carbonyl (C=O) groups excluding carboxylic acids is 2. The Labute approximate surface area is 157 Å². The molecule has 1 atom stereocenters. The average Bonchev–Trinajstić information content (AvgIpc) is 2.67. The van der Waals surface area contributed by atoms with Crippen molar-refractivity contribution < 1.29 is 26.6 Å². The Kier molecular flexibility index (Phi) is 4.87. The minimum absolute atomic E-state index is 0. The van der Waals surface area contributed by atoms with Crippen molar-refractivity contribution in [1.29, 1.82) is 0 Å². The summed E-state index contributed by atoms with van der Waals surface area (Å²) in [6.45, 7) is 0. The second kappa shape index (κ2) is 7.10. The topological polar surface area (TPSA) is 50.1 Å². The first kappa shape index (κ1) is 17.8. The summed E-state index contributed by atoms with van der Waals surface area (Å²) in [6, 6.07) is 22.3. The van der Waals surface area contributed by atoms with E-state index in [9.17, 15) is 9.59 Å². The largest absolute Gasteiger partial charge is 1.00 e. The number of benzene rings is 2. The van der Waals surface area contributed by atoms with Crippen molar-refractivity contribution in [3.63, 3.8) is 0 Å². The van der Waals surface area contributed by atoms with E-state index in [2.05, 4.69) is 5.32 Å². The van der Waals surface area contributed by atoms with Crippen LogP contribution in [0, 0.1) is 0 Å². The highest BCUT2D eigenvalue weighted by Crippen LogP contribution is 2.32. The molecule has 130 valence electrons. The summed E-state index contributed by atoms with van der Waals surface area (Å²) in [5.74, 6) is -0.497. The number of pyridine rings is 1. The van der Waals surface area contributed by atoms with Gasteiger partial charge in [-0.3, -0.25) is 9.59 Å². The third-order valence-electron chi connectivity index (χ3n) is 4.63. The molecule has 4 nitrogen and oxygen atoms in total. The number of amides is 1. The number of anilines is 1. The van der Waals surface area contributed by atoms with Gasteiger partial charge in [-0.1, -0.05) is 48.5 Å². The molecule has 1 aromatic heterocycles. The van der Waals surface area contributed by atoms with E-state index in [1.807, 2.05) is 60.7 Å². The number of hydrogen-bond donors (Lipinski definition) is 1. The first-order valence-corrected chi connectivity index (χ1v) is 8.18. The van der Waals surface area contributed by atoms with Crippen molar-refractivity contribution in [2.45, 2.75) is 12.0 Å². The van der Waals surface area contributed by atoms with Crippen LogP contribution in [-0.2, 0) is 16.8 Å². The second-order valence-electron chi connectivity index (χ2n) is 6.13. The zero-order valence-corrected chi connectivity index (χ0v) is 14.7. The lowest BCUT2D eigenvalue weighted by Gasteiger charge is -2.31. The number of fused-ring (bicyclic) bond motifs is 1. The van der Waals surface area contributed by atoms with Gasteiger partial charge in [-0.15, -0.1) is 0 Å². The SMILES string of the molecule is O=C1Nc2ccccc2C(=O)C1(Cc1ccccc1)[n+]1ccccc1.[Cl-]. The molecule has 1 amide bonds. The van der Waals surface area contributed by atoms with E-state index >= 15 is 0 Å². The zero-order valence-electron chi connectivity index (χ0n) is 13.9. The van der Waals surface area contributed by atoms with E-state index in [1.165, 1.54) is 0 Å². The Hall–Kier alpha value is -2.98. The van der Waals surface area contributed by atoms with E-state index in [-0.39, 0.29) is 24.1 Å². The molecule has 5 heteroatoms. The van der Waals surface area contributed by atoms with Gasteiger partial charge in [-0.25, -0.2) is 0 Å². The molecular weight excluding hydrogens is 348 g/mol. The highest BCUT2D eigenvalue weighted by Gasteiger charge is 2.58. The number of carbonyl (C=O) groups is 2. The number of rotatable bonds is 3. The van der Waals surface area contributed by atoms with Crippen LogP contribution in [0.4, 0.5) is 5.69 Å². The van der Waals surface area contributed by atoms with E-state index in [0.717, 1.165) is 5.56 Å². The molecule has 0 radical (unpaired) electrons. The van der Waals surface area contributed by atoms with Gasteiger partial charge in [0.2, 0.25) is 5.78 Å². The van der Waals surface area contributed by atoms with Crippen LogP contribution in [-0.4, -0.2) is 11.7 Å². The number of halogens is 1. The molecule has 3 aromatic rings. The smallest absolute Gasteiger partial charge is 0.312 e. The minimum Gasteiger partial charge on any atom is -1.00 e. The number of aromatic nitrogens is 1. The predicted octanol–water partition coefficient (Wildman–Crippen LogP) is -0.249. The van der Waals surface area contributed by atoms with Gasteiger partial charge in [0.25, 0.3) is 0 Å². The van der Waals surface area contributed by atoms with Gasteiger partial charge < -0.3 is 17.7 Å². The van der Waals surface area contributed by atoms with Gasteiger partial charge in [0.05, 0.1) is 12.1 Å². The monoisotopic (exact) mass is 364 g/mol. The van der Waals surface area contributed by atoms with Crippen molar-refractivity contribution in [1.82, 2.24) is 0 Å². The zero-order chi connectivity index (χ0) is 17.3. The molecule has 4 rings (SSSR count). The van der Waals surface area contributed by atoms with Crippen molar-refractivity contribution in [2.24, 2.45) is 0 Å². The van der Waals surface area contributed by atoms with Crippen molar-refractivity contribution in [3.05, 3.63) is 96.3 Å². The molecule has 0 fully saturated rings. The number of para-hydroxylation sites is 1. The van der Waals surface area contributed by atoms with Crippen LogP contribution in [0.3, 0.4) is 0 Å². The number of nitrogens with zero attached hydrogens (tertiary/aromatic N) is 1. The summed E-state index contributed by atoms with van der Waals surface area (Å²) in [4.78, 5) is 26.6. The molecule has 0 saturated heterocycles. The number of hydrogen-bond acceptors (Lipinski definition) is 2. The summed E-state index contributed by atoms with van der Waals surface area (Å²) in [5, 5.41) is 2.92. The van der Waals surface area contributed by atoms with Gasteiger partial charge in [-0.2, -0.15) is 4.57 Å². The standard InChI is InChI=1S/C21H16N2O2.ClH/c24-19-17-11-5-6-12-18(17)22-20(25)21(19,23-13-7-2-8-14-23)15-16-9-3-1-4-10-16;/h1-14H,15H2;1H. The lowest BCUT2D eigenvalue weighted by molar-refractivity contribution is -0.732. The Bertz CT molecular complexity index is 944. The third kappa shape index (κ3) is 2.78. The maximum absolute atomic E-state index is 13.5. The van der Waals surface area contributed by atoms with Crippen LogP contribution >= 0.6 is 0 Å². The quantitative estimate of drug-likeness (QED) is 0.515. The van der Waals surface area contributed by atoms with Gasteiger partial charge in [0.15, 0.2) is 12.4 Å². The van der Waals surface area contributed by atoms with Gasteiger partial charge in [0.1, 0.15) is 0 Å². The molecule has 0 aliphatic carbocycles. The molecule has 0 saturated carbocycles.